The minimum Gasteiger partial charge on any atom is -0.271 e. The van der Waals surface area contributed by atoms with E-state index in [1.807, 2.05) is 0 Å². The molecule has 19 heavy (non-hydrogen) atoms. The van der Waals surface area contributed by atoms with Crippen molar-refractivity contribution in [3.8, 4) is 0 Å². The quantitative estimate of drug-likeness (QED) is 0.634. The lowest BCUT2D eigenvalue weighted by Gasteiger charge is -2.32. The monoisotopic (exact) mass is 264 g/mol. The molecule has 0 aromatic carbocycles. The Morgan fingerprint density at radius 2 is 2.11 bits per heavy atom. The first kappa shape index (κ1) is 14.5. The van der Waals surface area contributed by atoms with Crippen LogP contribution in [0.4, 0.5) is 0 Å². The summed E-state index contributed by atoms with van der Waals surface area (Å²) >= 11 is 0. The van der Waals surface area contributed by atoms with Crippen LogP contribution in [0.5, 0.6) is 0 Å². The van der Waals surface area contributed by atoms with E-state index in [4.69, 9.17) is 5.84 Å². The van der Waals surface area contributed by atoms with E-state index in [9.17, 15) is 0 Å². The molecule has 1 aromatic heterocycles. The molecule has 108 valence electrons. The molecule has 0 amide bonds. The largest absolute Gasteiger partial charge is 0.271 e. The van der Waals surface area contributed by atoms with Gasteiger partial charge < -0.3 is 0 Å². The number of hydrogen-bond acceptors (Lipinski definition) is 3. The highest BCUT2D eigenvalue weighted by molar-refractivity contribution is 5.11. The van der Waals surface area contributed by atoms with Crippen LogP contribution in [0.3, 0.4) is 0 Å². The van der Waals surface area contributed by atoms with Crippen molar-refractivity contribution in [3.05, 3.63) is 17.5 Å². The van der Waals surface area contributed by atoms with Crippen molar-refractivity contribution >= 4 is 0 Å². The van der Waals surface area contributed by atoms with Crippen LogP contribution < -0.4 is 11.3 Å². The molecule has 3 N–H and O–H groups in total. The van der Waals surface area contributed by atoms with Crippen molar-refractivity contribution in [3.63, 3.8) is 0 Å². The highest BCUT2D eigenvalue weighted by Gasteiger charge is 2.26. The van der Waals surface area contributed by atoms with Crippen molar-refractivity contribution in [1.82, 2.24) is 15.2 Å². The zero-order valence-electron chi connectivity index (χ0n) is 12.5. The number of nitrogens with zero attached hydrogens (tertiary/aromatic N) is 2. The lowest BCUT2D eigenvalue weighted by molar-refractivity contribution is 0.227. The van der Waals surface area contributed by atoms with Crippen LogP contribution >= 0.6 is 0 Å². The van der Waals surface area contributed by atoms with E-state index in [-0.39, 0.29) is 0 Å². The molecule has 0 bridgehead atoms. The molecule has 0 radical (unpaired) electrons. The Morgan fingerprint density at radius 1 is 1.42 bits per heavy atom. The smallest absolute Gasteiger partial charge is 0.0596 e. The number of aryl methyl sites for hydroxylation is 2. The summed E-state index contributed by atoms with van der Waals surface area (Å²) in [6, 6.07) is 2.58. The molecular weight excluding hydrogens is 236 g/mol. The van der Waals surface area contributed by atoms with E-state index in [1.165, 1.54) is 31.4 Å². The van der Waals surface area contributed by atoms with Crippen LogP contribution in [-0.2, 0) is 13.0 Å². The molecule has 1 aliphatic carbocycles. The maximum atomic E-state index is 5.80. The van der Waals surface area contributed by atoms with E-state index < -0.39 is 0 Å². The van der Waals surface area contributed by atoms with Crippen LogP contribution in [0.25, 0.3) is 0 Å². The Balaban J connectivity index is 2.02. The van der Waals surface area contributed by atoms with E-state index in [0.29, 0.717) is 12.0 Å². The standard InChI is InChI=1S/C15H28N4/c1-4-19-14(9-12(3)18-19)10-15(17-16)13-7-5-11(2)6-8-13/h9,11,13,15,17H,4-8,10,16H2,1-3H3. The summed E-state index contributed by atoms with van der Waals surface area (Å²) in [6.45, 7) is 7.49. The second kappa shape index (κ2) is 6.53. The van der Waals surface area contributed by atoms with Gasteiger partial charge in [-0.3, -0.25) is 16.0 Å². The molecule has 1 aliphatic rings. The summed E-state index contributed by atoms with van der Waals surface area (Å²) in [5, 5.41) is 4.52. The molecule has 1 unspecified atom stereocenters. The van der Waals surface area contributed by atoms with Gasteiger partial charge in [-0.25, -0.2) is 0 Å². The second-order valence-electron chi connectivity index (χ2n) is 6.09. The van der Waals surface area contributed by atoms with E-state index in [0.717, 1.165) is 24.6 Å². The summed E-state index contributed by atoms with van der Waals surface area (Å²) in [5.74, 6) is 7.40. The first-order valence-electron chi connectivity index (χ1n) is 7.63. The van der Waals surface area contributed by atoms with E-state index >= 15 is 0 Å². The average Bonchev–Trinajstić information content (AvgIpc) is 2.77. The Hall–Kier alpha value is -0.870. The second-order valence-corrected chi connectivity index (χ2v) is 6.09. The highest BCUT2D eigenvalue weighted by Crippen LogP contribution is 2.31. The van der Waals surface area contributed by atoms with E-state index in [2.05, 4.69) is 42.0 Å². The predicted octanol–water partition coefficient (Wildman–Crippen LogP) is 2.41. The van der Waals surface area contributed by atoms with Crippen LogP contribution in [0, 0.1) is 18.8 Å². The Morgan fingerprint density at radius 3 is 2.68 bits per heavy atom. The molecule has 4 heteroatoms. The molecule has 0 aliphatic heterocycles. The van der Waals surface area contributed by atoms with Crippen molar-refractivity contribution in [2.75, 3.05) is 0 Å². The summed E-state index contributed by atoms with van der Waals surface area (Å²) in [4.78, 5) is 0. The summed E-state index contributed by atoms with van der Waals surface area (Å²) < 4.78 is 2.10. The summed E-state index contributed by atoms with van der Waals surface area (Å²) in [6.07, 6.45) is 6.28. The maximum Gasteiger partial charge on any atom is 0.0596 e. The third kappa shape index (κ3) is 3.57. The fourth-order valence-electron chi connectivity index (χ4n) is 3.31. The molecule has 2 rings (SSSR count). The summed E-state index contributed by atoms with van der Waals surface area (Å²) in [5.41, 5.74) is 5.46. The van der Waals surface area contributed by atoms with Gasteiger partial charge in [0, 0.05) is 24.7 Å². The molecule has 1 fully saturated rings. The minimum atomic E-state index is 0.383. The van der Waals surface area contributed by atoms with Crippen LogP contribution in [0.15, 0.2) is 6.07 Å². The van der Waals surface area contributed by atoms with Crippen LogP contribution in [0.1, 0.15) is 50.9 Å². The third-order valence-electron chi connectivity index (χ3n) is 4.56. The summed E-state index contributed by atoms with van der Waals surface area (Å²) in [7, 11) is 0. The van der Waals surface area contributed by atoms with Gasteiger partial charge in [-0.1, -0.05) is 19.8 Å². The predicted molar refractivity (Wildman–Crippen MR) is 78.6 cm³/mol. The molecule has 1 heterocycles. The van der Waals surface area contributed by atoms with Crippen LogP contribution in [0.2, 0.25) is 0 Å². The fraction of sp³-hybridized carbons (Fsp3) is 0.800. The third-order valence-corrected chi connectivity index (χ3v) is 4.56. The number of hydrogen-bond donors (Lipinski definition) is 2. The highest BCUT2D eigenvalue weighted by atomic mass is 15.3. The number of nitrogens with two attached hydrogens (primary N) is 1. The Kier molecular flexibility index (Phi) is 4.99. The normalized spacial score (nSPS) is 25.5. The molecule has 1 aromatic rings. The molecule has 1 saturated carbocycles. The van der Waals surface area contributed by atoms with Gasteiger partial charge in [-0.15, -0.1) is 0 Å². The van der Waals surface area contributed by atoms with Gasteiger partial charge in [0.05, 0.1) is 5.69 Å². The van der Waals surface area contributed by atoms with Gasteiger partial charge in [0.2, 0.25) is 0 Å². The molecule has 0 spiro atoms. The molecular formula is C15H28N4. The van der Waals surface area contributed by atoms with Crippen LogP contribution in [-0.4, -0.2) is 15.8 Å². The minimum absolute atomic E-state index is 0.383. The number of rotatable bonds is 5. The van der Waals surface area contributed by atoms with Gasteiger partial charge in [0.1, 0.15) is 0 Å². The van der Waals surface area contributed by atoms with Gasteiger partial charge in [-0.05, 0) is 44.6 Å². The fourth-order valence-corrected chi connectivity index (χ4v) is 3.31. The zero-order valence-corrected chi connectivity index (χ0v) is 12.5. The van der Waals surface area contributed by atoms with Gasteiger partial charge in [0.15, 0.2) is 0 Å². The Labute approximate surface area is 116 Å². The molecule has 4 nitrogen and oxygen atoms in total. The molecule has 0 saturated heterocycles. The van der Waals surface area contributed by atoms with Crippen molar-refractivity contribution < 1.29 is 0 Å². The van der Waals surface area contributed by atoms with Gasteiger partial charge in [-0.2, -0.15) is 5.10 Å². The SMILES string of the molecule is CCn1nc(C)cc1CC(NN)C1CCC(C)CC1. The zero-order chi connectivity index (χ0) is 13.8. The van der Waals surface area contributed by atoms with Gasteiger partial charge >= 0.3 is 0 Å². The first-order valence-corrected chi connectivity index (χ1v) is 7.63. The van der Waals surface area contributed by atoms with E-state index in [1.54, 1.807) is 0 Å². The number of aromatic nitrogens is 2. The van der Waals surface area contributed by atoms with Crippen molar-refractivity contribution in [2.24, 2.45) is 17.7 Å². The van der Waals surface area contributed by atoms with Crippen molar-refractivity contribution in [2.45, 2.75) is 65.5 Å². The Bertz CT molecular complexity index is 391. The lowest BCUT2D eigenvalue weighted by atomic mass is 9.78. The first-order chi connectivity index (χ1) is 9.13. The van der Waals surface area contributed by atoms with Crippen molar-refractivity contribution in [1.29, 1.82) is 0 Å². The average molecular weight is 264 g/mol. The molecule has 1 atom stereocenters. The van der Waals surface area contributed by atoms with Gasteiger partial charge in [0.25, 0.3) is 0 Å². The lowest BCUT2D eigenvalue weighted by Crippen LogP contribution is -2.44. The number of nitrogens with one attached hydrogen (secondary N) is 1. The maximum absolute atomic E-state index is 5.80. The topological polar surface area (TPSA) is 55.9 Å². The number of hydrazine groups is 1.